The molecule has 0 unspecified atom stereocenters. The van der Waals surface area contributed by atoms with Crippen LogP contribution in [-0.2, 0) is 13.6 Å². The maximum Gasteiger partial charge on any atom is 0.193 e. The van der Waals surface area contributed by atoms with Gasteiger partial charge in [-0.2, -0.15) is 0 Å². The third-order valence-electron chi connectivity index (χ3n) is 2.52. The number of aromatic nitrogens is 3. The number of nitrogens with two attached hydrogens (primary N) is 1. The van der Waals surface area contributed by atoms with Gasteiger partial charge in [-0.25, -0.2) is 4.99 Å². The summed E-state index contributed by atoms with van der Waals surface area (Å²) in [4.78, 5) is 4.21. The van der Waals surface area contributed by atoms with Crippen molar-refractivity contribution in [1.82, 2.24) is 14.8 Å². The van der Waals surface area contributed by atoms with Crippen molar-refractivity contribution in [2.24, 2.45) is 17.8 Å². The van der Waals surface area contributed by atoms with Gasteiger partial charge in [-0.15, -0.1) is 10.2 Å². The highest BCUT2D eigenvalue weighted by atomic mass is 15.3. The fraction of sp³-hybridized carbons (Fsp3) is 0.250. The highest BCUT2D eigenvalue weighted by Gasteiger charge is 1.99. The molecule has 0 radical (unpaired) electrons. The van der Waals surface area contributed by atoms with Gasteiger partial charge >= 0.3 is 0 Å². The van der Waals surface area contributed by atoms with Crippen LogP contribution in [0.2, 0.25) is 0 Å². The van der Waals surface area contributed by atoms with E-state index < -0.39 is 0 Å². The molecule has 2 aromatic rings. The number of nitrogens with one attached hydrogen (secondary N) is 1. The third-order valence-corrected chi connectivity index (χ3v) is 2.52. The number of aryl methyl sites for hydroxylation is 2. The molecule has 1 heterocycles. The van der Waals surface area contributed by atoms with Gasteiger partial charge in [0.15, 0.2) is 11.8 Å². The lowest BCUT2D eigenvalue weighted by Crippen LogP contribution is -2.22. The highest BCUT2D eigenvalue weighted by molar-refractivity contribution is 5.92. The zero-order valence-electron chi connectivity index (χ0n) is 10.5. The summed E-state index contributed by atoms with van der Waals surface area (Å²) in [5.74, 6) is 1.13. The second-order valence-corrected chi connectivity index (χ2v) is 4.05. The molecule has 0 aliphatic carbocycles. The Hall–Kier alpha value is -2.37. The van der Waals surface area contributed by atoms with Gasteiger partial charge in [0.2, 0.25) is 0 Å². The first kappa shape index (κ1) is 12.1. The van der Waals surface area contributed by atoms with Crippen LogP contribution in [0.15, 0.2) is 35.6 Å². The molecule has 0 saturated carbocycles. The molecule has 3 N–H and O–H groups in total. The first-order valence-corrected chi connectivity index (χ1v) is 5.61. The number of aliphatic imine (C=N–C) groups is 1. The van der Waals surface area contributed by atoms with Crippen LogP contribution >= 0.6 is 0 Å². The average Bonchev–Trinajstić information content (AvgIpc) is 2.75. The Kier molecular flexibility index (Phi) is 3.57. The zero-order chi connectivity index (χ0) is 13.0. The molecule has 0 aliphatic heterocycles. The summed E-state index contributed by atoms with van der Waals surface area (Å²) < 4.78 is 1.81. The fourth-order valence-corrected chi connectivity index (χ4v) is 1.43. The molecule has 0 atom stereocenters. The van der Waals surface area contributed by atoms with Crippen LogP contribution in [0, 0.1) is 6.92 Å². The molecule has 6 nitrogen and oxygen atoms in total. The Labute approximate surface area is 106 Å². The van der Waals surface area contributed by atoms with Gasteiger partial charge in [0.1, 0.15) is 12.9 Å². The van der Waals surface area contributed by atoms with Gasteiger partial charge in [-0.1, -0.05) is 17.7 Å². The van der Waals surface area contributed by atoms with E-state index in [0.29, 0.717) is 12.5 Å². The minimum absolute atomic E-state index is 0.363. The Balaban J connectivity index is 1.97. The summed E-state index contributed by atoms with van der Waals surface area (Å²) >= 11 is 0. The van der Waals surface area contributed by atoms with Crippen LogP contribution in [0.3, 0.4) is 0 Å². The Morgan fingerprint density at radius 1 is 1.39 bits per heavy atom. The molecule has 0 fully saturated rings. The van der Waals surface area contributed by atoms with Crippen molar-refractivity contribution in [1.29, 1.82) is 0 Å². The summed E-state index contributed by atoms with van der Waals surface area (Å²) in [7, 11) is 1.87. The number of hydrogen-bond donors (Lipinski definition) is 2. The van der Waals surface area contributed by atoms with Crippen LogP contribution in [0.5, 0.6) is 0 Å². The lowest BCUT2D eigenvalue weighted by Gasteiger charge is -2.05. The topological polar surface area (TPSA) is 81.1 Å². The van der Waals surface area contributed by atoms with Crippen molar-refractivity contribution >= 4 is 11.6 Å². The lowest BCUT2D eigenvalue weighted by atomic mass is 10.2. The zero-order valence-corrected chi connectivity index (χ0v) is 10.5. The molecule has 1 aromatic carbocycles. The molecule has 0 bridgehead atoms. The Bertz CT molecular complexity index is 540. The van der Waals surface area contributed by atoms with E-state index in [9.17, 15) is 0 Å². The number of guanidine groups is 1. The monoisotopic (exact) mass is 244 g/mol. The predicted octanol–water partition coefficient (Wildman–Crippen LogP) is 1.05. The van der Waals surface area contributed by atoms with E-state index in [1.165, 1.54) is 5.56 Å². The standard InChI is InChI=1S/C12H16N6/c1-9-3-5-10(6-4-9)16-12(13)14-7-11-17-15-8-18(11)2/h3-6,8H,7H2,1-2H3,(H3,13,14,16). The van der Waals surface area contributed by atoms with Crippen molar-refractivity contribution in [3.8, 4) is 0 Å². The molecule has 1 aromatic heterocycles. The first-order valence-electron chi connectivity index (χ1n) is 5.61. The van der Waals surface area contributed by atoms with Gasteiger partial charge in [0, 0.05) is 12.7 Å². The van der Waals surface area contributed by atoms with E-state index in [4.69, 9.17) is 5.73 Å². The van der Waals surface area contributed by atoms with E-state index in [0.717, 1.165) is 11.5 Å². The number of hydrogen-bond acceptors (Lipinski definition) is 3. The van der Waals surface area contributed by atoms with E-state index in [1.807, 2.05) is 42.8 Å². The second-order valence-electron chi connectivity index (χ2n) is 4.05. The van der Waals surface area contributed by atoms with Gasteiger partial charge in [0.25, 0.3) is 0 Å². The van der Waals surface area contributed by atoms with Crippen molar-refractivity contribution in [2.75, 3.05) is 5.32 Å². The van der Waals surface area contributed by atoms with Crippen LogP contribution < -0.4 is 11.1 Å². The molecule has 0 amide bonds. The minimum Gasteiger partial charge on any atom is -0.370 e. The summed E-state index contributed by atoms with van der Waals surface area (Å²) in [6.45, 7) is 2.44. The number of nitrogens with zero attached hydrogens (tertiary/aromatic N) is 4. The second kappa shape index (κ2) is 5.31. The minimum atomic E-state index is 0.363. The Morgan fingerprint density at radius 3 is 2.72 bits per heavy atom. The van der Waals surface area contributed by atoms with Gasteiger partial charge < -0.3 is 15.6 Å². The van der Waals surface area contributed by atoms with E-state index in [1.54, 1.807) is 6.33 Å². The molecule has 6 heteroatoms. The summed E-state index contributed by atoms with van der Waals surface area (Å²) in [6, 6.07) is 7.94. The largest absolute Gasteiger partial charge is 0.370 e. The molecular formula is C12H16N6. The SMILES string of the molecule is Cc1ccc(NC(N)=NCc2nncn2C)cc1. The Morgan fingerprint density at radius 2 is 2.11 bits per heavy atom. The normalized spacial score (nSPS) is 11.6. The summed E-state index contributed by atoms with van der Waals surface area (Å²) in [5.41, 5.74) is 7.91. The maximum absolute atomic E-state index is 5.79. The molecule has 0 aliphatic rings. The van der Waals surface area contributed by atoms with Crippen LogP contribution in [0.25, 0.3) is 0 Å². The van der Waals surface area contributed by atoms with E-state index in [2.05, 4.69) is 20.5 Å². The quantitative estimate of drug-likeness (QED) is 0.624. The maximum atomic E-state index is 5.79. The molecule has 0 spiro atoms. The number of benzene rings is 1. The van der Waals surface area contributed by atoms with Gasteiger partial charge in [0.05, 0.1) is 0 Å². The van der Waals surface area contributed by atoms with Crippen molar-refractivity contribution in [3.05, 3.63) is 42.0 Å². The molecule has 0 saturated heterocycles. The molecular weight excluding hydrogens is 228 g/mol. The summed E-state index contributed by atoms with van der Waals surface area (Å²) in [6.07, 6.45) is 1.63. The van der Waals surface area contributed by atoms with Gasteiger partial charge in [-0.05, 0) is 19.1 Å². The van der Waals surface area contributed by atoms with Crippen molar-refractivity contribution in [2.45, 2.75) is 13.5 Å². The third kappa shape index (κ3) is 3.07. The van der Waals surface area contributed by atoms with Gasteiger partial charge in [-0.3, -0.25) is 0 Å². The van der Waals surface area contributed by atoms with Crippen LogP contribution in [0.1, 0.15) is 11.4 Å². The molecule has 2 rings (SSSR count). The number of anilines is 1. The lowest BCUT2D eigenvalue weighted by molar-refractivity contribution is 0.792. The van der Waals surface area contributed by atoms with Crippen LogP contribution in [-0.4, -0.2) is 20.7 Å². The first-order chi connectivity index (χ1) is 8.65. The average molecular weight is 244 g/mol. The van der Waals surface area contributed by atoms with E-state index >= 15 is 0 Å². The molecule has 18 heavy (non-hydrogen) atoms. The van der Waals surface area contributed by atoms with E-state index in [-0.39, 0.29) is 0 Å². The predicted molar refractivity (Wildman–Crippen MR) is 71.1 cm³/mol. The van der Waals surface area contributed by atoms with Crippen molar-refractivity contribution in [3.63, 3.8) is 0 Å². The number of rotatable bonds is 3. The molecule has 94 valence electrons. The smallest absolute Gasteiger partial charge is 0.193 e. The highest BCUT2D eigenvalue weighted by Crippen LogP contribution is 2.07. The van der Waals surface area contributed by atoms with Crippen LogP contribution in [0.4, 0.5) is 5.69 Å². The van der Waals surface area contributed by atoms with Crippen molar-refractivity contribution < 1.29 is 0 Å². The summed E-state index contributed by atoms with van der Waals surface area (Å²) in [5, 5.41) is 10.7. The fourth-order valence-electron chi connectivity index (χ4n) is 1.43.